The van der Waals surface area contributed by atoms with Gasteiger partial charge in [0.2, 0.25) is 0 Å². The van der Waals surface area contributed by atoms with E-state index in [1.165, 1.54) is 10.9 Å². The lowest BCUT2D eigenvalue weighted by Crippen LogP contribution is -2.00. The van der Waals surface area contributed by atoms with Gasteiger partial charge in [-0.1, -0.05) is 17.7 Å². The van der Waals surface area contributed by atoms with Crippen molar-refractivity contribution in [2.45, 2.75) is 13.8 Å². The highest BCUT2D eigenvalue weighted by molar-refractivity contribution is 6.32. The van der Waals surface area contributed by atoms with E-state index in [9.17, 15) is 4.79 Å². The molecule has 0 atom stereocenters. The Balaban J connectivity index is 2.57. The van der Waals surface area contributed by atoms with Crippen LogP contribution >= 0.6 is 11.6 Å². The number of rotatable bonds is 2. The van der Waals surface area contributed by atoms with Gasteiger partial charge >= 0.3 is 5.97 Å². The number of hydrogen-bond acceptors (Lipinski definition) is 2. The number of carboxylic acids is 1. The fraction of sp³-hybridized carbons (Fsp3) is 0.167. The largest absolute Gasteiger partial charge is 0.478 e. The van der Waals surface area contributed by atoms with Gasteiger partial charge in [-0.15, -0.1) is 0 Å². The quantitative estimate of drug-likeness (QED) is 0.892. The third-order valence-electron chi connectivity index (χ3n) is 2.39. The summed E-state index contributed by atoms with van der Waals surface area (Å²) in [6.07, 6.45) is 1.25. The molecule has 0 bridgehead atoms. The molecule has 17 heavy (non-hydrogen) atoms. The van der Waals surface area contributed by atoms with Gasteiger partial charge in [-0.3, -0.25) is 0 Å². The highest BCUT2D eigenvalue weighted by atomic mass is 35.5. The fourth-order valence-electron chi connectivity index (χ4n) is 1.73. The second-order valence-corrected chi connectivity index (χ2v) is 4.27. The molecule has 1 aromatic carbocycles. The third kappa shape index (κ3) is 2.17. The molecule has 0 aliphatic carbocycles. The van der Waals surface area contributed by atoms with Crippen molar-refractivity contribution < 1.29 is 9.90 Å². The van der Waals surface area contributed by atoms with E-state index in [1.807, 2.05) is 32.0 Å². The zero-order chi connectivity index (χ0) is 12.6. The van der Waals surface area contributed by atoms with Gasteiger partial charge in [0.15, 0.2) is 0 Å². The van der Waals surface area contributed by atoms with Crippen LogP contribution in [0.4, 0.5) is 0 Å². The van der Waals surface area contributed by atoms with E-state index in [-0.39, 0.29) is 10.7 Å². The van der Waals surface area contributed by atoms with E-state index >= 15 is 0 Å². The highest BCUT2D eigenvalue weighted by Gasteiger charge is 2.15. The van der Waals surface area contributed by atoms with Gasteiger partial charge in [0, 0.05) is 0 Å². The summed E-state index contributed by atoms with van der Waals surface area (Å²) in [5, 5.41) is 13.0. The van der Waals surface area contributed by atoms with Crippen molar-refractivity contribution >= 4 is 17.6 Å². The predicted molar refractivity (Wildman–Crippen MR) is 65.0 cm³/mol. The van der Waals surface area contributed by atoms with E-state index in [0.29, 0.717) is 0 Å². The summed E-state index contributed by atoms with van der Waals surface area (Å²) in [5.74, 6) is -1.08. The average molecular weight is 251 g/mol. The molecule has 1 aromatic heterocycles. The molecule has 5 heteroatoms. The Kier molecular flexibility index (Phi) is 2.90. The average Bonchev–Trinajstić information content (AvgIpc) is 2.58. The molecule has 0 fully saturated rings. The molecule has 2 aromatic rings. The van der Waals surface area contributed by atoms with Gasteiger partial charge in [0.1, 0.15) is 10.7 Å². The summed E-state index contributed by atoms with van der Waals surface area (Å²) in [6, 6.07) is 5.83. The lowest BCUT2D eigenvalue weighted by atomic mass is 10.1. The number of hydrogen-bond donors (Lipinski definition) is 1. The number of carbonyl (C=O) groups is 1. The van der Waals surface area contributed by atoms with Crippen molar-refractivity contribution in [2.75, 3.05) is 0 Å². The Labute approximate surface area is 103 Å². The molecule has 4 nitrogen and oxygen atoms in total. The number of aromatic nitrogens is 2. The Morgan fingerprint density at radius 3 is 2.35 bits per heavy atom. The van der Waals surface area contributed by atoms with Crippen molar-refractivity contribution in [2.24, 2.45) is 0 Å². The Morgan fingerprint density at radius 1 is 1.29 bits per heavy atom. The van der Waals surface area contributed by atoms with Crippen molar-refractivity contribution in [1.82, 2.24) is 9.78 Å². The van der Waals surface area contributed by atoms with E-state index in [0.717, 1.165) is 16.8 Å². The molecule has 1 heterocycles. The van der Waals surface area contributed by atoms with E-state index < -0.39 is 5.97 Å². The molecule has 0 saturated carbocycles. The Hall–Kier alpha value is -1.81. The van der Waals surface area contributed by atoms with Gasteiger partial charge in [-0.2, -0.15) is 5.10 Å². The molecular weight excluding hydrogens is 240 g/mol. The zero-order valence-electron chi connectivity index (χ0n) is 9.44. The number of benzene rings is 1. The first-order valence-corrected chi connectivity index (χ1v) is 5.42. The van der Waals surface area contributed by atoms with Crippen LogP contribution in [0.25, 0.3) is 5.69 Å². The molecule has 0 aliphatic rings. The van der Waals surface area contributed by atoms with Gasteiger partial charge in [-0.25, -0.2) is 9.48 Å². The van der Waals surface area contributed by atoms with Crippen LogP contribution < -0.4 is 0 Å². The van der Waals surface area contributed by atoms with Crippen LogP contribution in [0.15, 0.2) is 24.4 Å². The number of aryl methyl sites for hydroxylation is 2. The van der Waals surface area contributed by atoms with Gasteiger partial charge in [0.05, 0.1) is 11.9 Å². The predicted octanol–water partition coefficient (Wildman–Crippen LogP) is 2.84. The number of nitrogens with zero attached hydrogens (tertiary/aromatic N) is 2. The summed E-state index contributed by atoms with van der Waals surface area (Å²) in [4.78, 5) is 10.9. The van der Waals surface area contributed by atoms with Crippen LogP contribution in [0.5, 0.6) is 0 Å². The minimum Gasteiger partial charge on any atom is -0.478 e. The minimum absolute atomic E-state index is 0.00539. The molecule has 0 unspecified atom stereocenters. The smallest absolute Gasteiger partial charge is 0.340 e. The topological polar surface area (TPSA) is 55.1 Å². The highest BCUT2D eigenvalue weighted by Crippen LogP contribution is 2.21. The molecule has 1 N–H and O–H groups in total. The molecular formula is C12H11ClN2O2. The SMILES string of the molecule is Cc1cc(C)cc(-n2ncc(C(=O)O)c2Cl)c1. The monoisotopic (exact) mass is 250 g/mol. The number of aromatic carboxylic acids is 1. The first kappa shape index (κ1) is 11.7. The maximum absolute atomic E-state index is 10.9. The maximum atomic E-state index is 10.9. The third-order valence-corrected chi connectivity index (χ3v) is 2.76. The van der Waals surface area contributed by atoms with Gasteiger partial charge < -0.3 is 5.11 Å². The first-order valence-electron chi connectivity index (χ1n) is 5.04. The van der Waals surface area contributed by atoms with E-state index in [2.05, 4.69) is 5.10 Å². The summed E-state index contributed by atoms with van der Waals surface area (Å²) in [5.41, 5.74) is 2.91. The zero-order valence-corrected chi connectivity index (χ0v) is 10.2. The summed E-state index contributed by atoms with van der Waals surface area (Å²) < 4.78 is 1.42. The Morgan fingerprint density at radius 2 is 1.88 bits per heavy atom. The first-order chi connectivity index (χ1) is 7.99. The lowest BCUT2D eigenvalue weighted by Gasteiger charge is -2.06. The molecule has 0 aliphatic heterocycles. The van der Waals surface area contributed by atoms with Crippen LogP contribution in [0.3, 0.4) is 0 Å². The molecule has 0 radical (unpaired) electrons. The fourth-order valence-corrected chi connectivity index (χ4v) is 2.00. The van der Waals surface area contributed by atoms with Crippen molar-refractivity contribution in [1.29, 1.82) is 0 Å². The number of carboxylic acid groups (broad SMARTS) is 1. The van der Waals surface area contributed by atoms with Crippen LogP contribution in [0, 0.1) is 13.8 Å². The second kappa shape index (κ2) is 4.22. The summed E-state index contributed by atoms with van der Waals surface area (Å²) >= 11 is 5.98. The van der Waals surface area contributed by atoms with E-state index in [4.69, 9.17) is 16.7 Å². The van der Waals surface area contributed by atoms with Crippen LogP contribution in [-0.2, 0) is 0 Å². The molecule has 2 rings (SSSR count). The van der Waals surface area contributed by atoms with Crippen LogP contribution in [-0.4, -0.2) is 20.9 Å². The van der Waals surface area contributed by atoms with Crippen molar-refractivity contribution in [3.63, 3.8) is 0 Å². The van der Waals surface area contributed by atoms with Crippen molar-refractivity contribution in [3.8, 4) is 5.69 Å². The molecule has 0 saturated heterocycles. The molecule has 88 valence electrons. The normalized spacial score (nSPS) is 10.5. The van der Waals surface area contributed by atoms with Gasteiger partial charge in [-0.05, 0) is 37.1 Å². The maximum Gasteiger partial charge on any atom is 0.340 e. The lowest BCUT2D eigenvalue weighted by molar-refractivity contribution is 0.0697. The van der Waals surface area contributed by atoms with Gasteiger partial charge in [0.25, 0.3) is 0 Å². The van der Waals surface area contributed by atoms with Crippen LogP contribution in [0.1, 0.15) is 21.5 Å². The number of halogens is 1. The van der Waals surface area contributed by atoms with E-state index in [1.54, 1.807) is 0 Å². The Bertz CT molecular complexity index is 570. The summed E-state index contributed by atoms with van der Waals surface area (Å²) in [6.45, 7) is 3.93. The minimum atomic E-state index is -1.08. The second-order valence-electron chi connectivity index (χ2n) is 3.91. The van der Waals surface area contributed by atoms with Crippen LogP contribution in [0.2, 0.25) is 5.15 Å². The summed E-state index contributed by atoms with van der Waals surface area (Å²) in [7, 11) is 0. The van der Waals surface area contributed by atoms with Crippen molar-refractivity contribution in [3.05, 3.63) is 46.2 Å². The molecule has 0 spiro atoms. The molecule has 0 amide bonds. The standard InChI is InChI=1S/C12H11ClN2O2/c1-7-3-8(2)5-9(4-7)15-11(13)10(6-14-15)12(16)17/h3-6H,1-2H3,(H,16,17).